The third kappa shape index (κ3) is 4.63. The van der Waals surface area contributed by atoms with Gasteiger partial charge >= 0.3 is 5.69 Å². The Balaban J connectivity index is 1.64. The largest absolute Gasteiger partial charge is 0.493 e. The molecule has 1 heterocycles. The Kier molecular flexibility index (Phi) is 6.18. The van der Waals surface area contributed by atoms with Gasteiger partial charge in [-0.15, -0.1) is 11.3 Å². The summed E-state index contributed by atoms with van der Waals surface area (Å²) in [6, 6.07) is 13.4. The molecule has 0 aliphatic rings. The Bertz CT molecular complexity index is 989. The lowest BCUT2D eigenvalue weighted by atomic mass is 10.1. The third-order valence-corrected chi connectivity index (χ3v) is 4.39. The minimum Gasteiger partial charge on any atom is -0.493 e. The first kappa shape index (κ1) is 19.3. The van der Waals surface area contributed by atoms with E-state index in [0.717, 1.165) is 5.56 Å². The summed E-state index contributed by atoms with van der Waals surface area (Å²) < 4.78 is 10.9. The quantitative estimate of drug-likeness (QED) is 0.451. The second-order valence-corrected chi connectivity index (χ2v) is 6.39. The van der Waals surface area contributed by atoms with Gasteiger partial charge in [0.2, 0.25) is 0 Å². The van der Waals surface area contributed by atoms with Crippen LogP contribution in [0.2, 0.25) is 0 Å². The van der Waals surface area contributed by atoms with Gasteiger partial charge in [-0.05, 0) is 25.1 Å². The van der Waals surface area contributed by atoms with E-state index < -0.39 is 10.8 Å². The van der Waals surface area contributed by atoms with Gasteiger partial charge < -0.3 is 9.47 Å². The Hall–Kier alpha value is -3.46. The van der Waals surface area contributed by atoms with Gasteiger partial charge in [-0.3, -0.25) is 20.2 Å². The molecule has 3 aromatic rings. The minimum atomic E-state index is -0.559. The number of thiazole rings is 1. The number of nitro benzene ring substituents is 1. The van der Waals surface area contributed by atoms with Crippen molar-refractivity contribution in [2.24, 2.45) is 0 Å². The summed E-state index contributed by atoms with van der Waals surface area (Å²) >= 11 is 1.27. The zero-order valence-electron chi connectivity index (χ0n) is 15.0. The lowest BCUT2D eigenvalue weighted by molar-refractivity contribution is -0.385. The molecular weight excluding hydrogens is 382 g/mol. The molecule has 3 rings (SSSR count). The molecule has 1 amide bonds. The molecule has 0 saturated heterocycles. The Morgan fingerprint density at radius 1 is 1.14 bits per heavy atom. The van der Waals surface area contributed by atoms with Crippen LogP contribution in [0.4, 0.5) is 10.8 Å². The van der Waals surface area contributed by atoms with Crippen LogP contribution < -0.4 is 14.8 Å². The van der Waals surface area contributed by atoms with Crippen LogP contribution in [0.1, 0.15) is 6.92 Å². The van der Waals surface area contributed by atoms with Crippen molar-refractivity contribution in [3.05, 3.63) is 64.0 Å². The maximum atomic E-state index is 12.1. The fourth-order valence-electron chi connectivity index (χ4n) is 2.44. The SMILES string of the molecule is CCOc1ccccc1-c1csc(NC(=O)COc2ccccc2[N+](=O)[O-])n1. The van der Waals surface area contributed by atoms with Gasteiger partial charge in [0.1, 0.15) is 5.75 Å². The highest BCUT2D eigenvalue weighted by Crippen LogP contribution is 2.32. The fourth-order valence-corrected chi connectivity index (χ4v) is 3.17. The average Bonchev–Trinajstić information content (AvgIpc) is 3.15. The van der Waals surface area contributed by atoms with E-state index in [9.17, 15) is 14.9 Å². The van der Waals surface area contributed by atoms with Crippen LogP contribution in [0.3, 0.4) is 0 Å². The highest BCUT2D eigenvalue weighted by molar-refractivity contribution is 7.14. The predicted octanol–water partition coefficient (Wildman–Crippen LogP) is 4.13. The van der Waals surface area contributed by atoms with Crippen LogP contribution >= 0.6 is 11.3 Å². The summed E-state index contributed by atoms with van der Waals surface area (Å²) in [7, 11) is 0. The van der Waals surface area contributed by atoms with Gasteiger partial charge in [-0.25, -0.2) is 4.98 Å². The molecule has 0 atom stereocenters. The predicted molar refractivity (Wildman–Crippen MR) is 106 cm³/mol. The number of aromatic nitrogens is 1. The summed E-state index contributed by atoms with van der Waals surface area (Å²) in [6.45, 7) is 2.07. The van der Waals surface area contributed by atoms with Crippen molar-refractivity contribution in [1.82, 2.24) is 4.98 Å². The van der Waals surface area contributed by atoms with Crippen molar-refractivity contribution >= 4 is 28.1 Å². The molecule has 1 N–H and O–H groups in total. The molecule has 1 aromatic heterocycles. The van der Waals surface area contributed by atoms with E-state index in [1.54, 1.807) is 6.07 Å². The molecule has 0 saturated carbocycles. The number of carbonyl (C=O) groups is 1. The van der Waals surface area contributed by atoms with Crippen molar-refractivity contribution in [2.45, 2.75) is 6.92 Å². The summed E-state index contributed by atoms with van der Waals surface area (Å²) in [6.07, 6.45) is 0. The number of benzene rings is 2. The zero-order valence-corrected chi connectivity index (χ0v) is 15.8. The molecule has 0 aliphatic carbocycles. The standard InChI is InChI=1S/C19H17N3O5S/c1-2-26-16-9-5-3-7-13(16)14-12-28-19(20-14)21-18(23)11-27-17-10-6-4-8-15(17)22(24)25/h3-10,12H,2,11H2,1H3,(H,20,21,23). The van der Waals surface area contributed by atoms with Crippen LogP contribution in [0, 0.1) is 10.1 Å². The molecule has 2 aromatic carbocycles. The number of carbonyl (C=O) groups excluding carboxylic acids is 1. The fraction of sp³-hybridized carbons (Fsp3) is 0.158. The van der Waals surface area contributed by atoms with Crippen LogP contribution in [-0.2, 0) is 4.79 Å². The van der Waals surface area contributed by atoms with Gasteiger partial charge in [-0.1, -0.05) is 24.3 Å². The molecule has 28 heavy (non-hydrogen) atoms. The first-order chi connectivity index (χ1) is 13.6. The van der Waals surface area contributed by atoms with Crippen LogP contribution in [-0.4, -0.2) is 29.0 Å². The van der Waals surface area contributed by atoms with Gasteiger partial charge in [-0.2, -0.15) is 0 Å². The number of amides is 1. The molecule has 0 unspecified atom stereocenters. The van der Waals surface area contributed by atoms with Gasteiger partial charge in [0.05, 0.1) is 17.2 Å². The topological polar surface area (TPSA) is 104 Å². The van der Waals surface area contributed by atoms with E-state index >= 15 is 0 Å². The molecule has 144 valence electrons. The van der Waals surface area contributed by atoms with Crippen LogP contribution in [0.25, 0.3) is 11.3 Å². The zero-order chi connectivity index (χ0) is 19.9. The van der Waals surface area contributed by atoms with Crippen molar-refractivity contribution in [1.29, 1.82) is 0 Å². The first-order valence-electron chi connectivity index (χ1n) is 8.42. The molecule has 0 aliphatic heterocycles. The molecule has 0 fully saturated rings. The Morgan fingerprint density at radius 2 is 1.86 bits per heavy atom. The highest BCUT2D eigenvalue weighted by Gasteiger charge is 2.16. The normalized spacial score (nSPS) is 10.3. The monoisotopic (exact) mass is 399 g/mol. The van der Waals surface area contributed by atoms with Crippen LogP contribution in [0.5, 0.6) is 11.5 Å². The number of anilines is 1. The lowest BCUT2D eigenvalue weighted by Crippen LogP contribution is -2.20. The molecule has 8 nitrogen and oxygen atoms in total. The summed E-state index contributed by atoms with van der Waals surface area (Å²) in [5, 5.41) is 15.8. The average molecular weight is 399 g/mol. The van der Waals surface area contributed by atoms with E-state index in [4.69, 9.17) is 9.47 Å². The number of nitrogens with zero attached hydrogens (tertiary/aromatic N) is 2. The molecule has 9 heteroatoms. The first-order valence-corrected chi connectivity index (χ1v) is 9.30. The van der Waals surface area contributed by atoms with E-state index in [-0.39, 0.29) is 18.0 Å². The second-order valence-electron chi connectivity index (χ2n) is 5.53. The Morgan fingerprint density at radius 3 is 2.61 bits per heavy atom. The van der Waals surface area contributed by atoms with E-state index in [1.807, 2.05) is 36.6 Å². The molecule has 0 radical (unpaired) electrons. The van der Waals surface area contributed by atoms with E-state index in [1.165, 1.54) is 29.5 Å². The maximum Gasteiger partial charge on any atom is 0.310 e. The van der Waals surface area contributed by atoms with Crippen molar-refractivity contribution in [3.63, 3.8) is 0 Å². The summed E-state index contributed by atoms with van der Waals surface area (Å²) in [5.74, 6) is 0.290. The smallest absolute Gasteiger partial charge is 0.310 e. The number of hydrogen-bond acceptors (Lipinski definition) is 7. The van der Waals surface area contributed by atoms with E-state index in [2.05, 4.69) is 10.3 Å². The lowest BCUT2D eigenvalue weighted by Gasteiger charge is -2.07. The molecule has 0 bridgehead atoms. The van der Waals surface area contributed by atoms with Gasteiger partial charge in [0.15, 0.2) is 17.5 Å². The van der Waals surface area contributed by atoms with Crippen molar-refractivity contribution in [3.8, 4) is 22.8 Å². The summed E-state index contributed by atoms with van der Waals surface area (Å²) in [5.41, 5.74) is 1.32. The minimum absolute atomic E-state index is 0.0353. The molecule has 0 spiro atoms. The third-order valence-electron chi connectivity index (χ3n) is 3.63. The second kappa shape index (κ2) is 8.96. The number of hydrogen-bond donors (Lipinski definition) is 1. The maximum absolute atomic E-state index is 12.1. The van der Waals surface area contributed by atoms with Crippen molar-refractivity contribution < 1.29 is 19.2 Å². The van der Waals surface area contributed by atoms with Gasteiger partial charge in [0, 0.05) is 17.0 Å². The van der Waals surface area contributed by atoms with Crippen molar-refractivity contribution in [2.75, 3.05) is 18.5 Å². The molecular formula is C19H17N3O5S. The number of rotatable bonds is 8. The number of ether oxygens (including phenoxy) is 2. The van der Waals surface area contributed by atoms with Crippen LogP contribution in [0.15, 0.2) is 53.9 Å². The van der Waals surface area contributed by atoms with Gasteiger partial charge in [0.25, 0.3) is 5.91 Å². The number of nitro groups is 1. The Labute approximate surface area is 164 Å². The summed E-state index contributed by atoms with van der Waals surface area (Å²) in [4.78, 5) is 26.9. The number of nitrogens with one attached hydrogen (secondary N) is 1. The van der Waals surface area contributed by atoms with E-state index in [0.29, 0.717) is 23.2 Å². The highest BCUT2D eigenvalue weighted by atomic mass is 32.1. The number of para-hydroxylation sites is 3.